The number of aromatic nitrogens is 4. The topological polar surface area (TPSA) is 69.6 Å². The molecular formula is C23H22BF2N5. The Morgan fingerprint density at radius 2 is 1.97 bits per heavy atom. The summed E-state index contributed by atoms with van der Waals surface area (Å²) in [5.74, 6) is -1.14. The first kappa shape index (κ1) is 21.0. The zero-order valence-electron chi connectivity index (χ0n) is 17.2. The normalized spacial score (nSPS) is 15.7. The highest BCUT2D eigenvalue weighted by Crippen LogP contribution is 2.34. The number of fused-ring (bicyclic) bond motifs is 2. The average Bonchev–Trinajstić information content (AvgIpc) is 3.44. The number of pyridine rings is 1. The summed E-state index contributed by atoms with van der Waals surface area (Å²) in [6.45, 7) is 1.50. The van der Waals surface area contributed by atoms with Crippen molar-refractivity contribution in [3.63, 3.8) is 0 Å². The maximum absolute atomic E-state index is 14.0. The van der Waals surface area contributed by atoms with Gasteiger partial charge in [0.2, 0.25) is 0 Å². The first-order valence-corrected chi connectivity index (χ1v) is 10.2. The molecule has 0 saturated carbocycles. The Bertz CT molecular complexity index is 1270. The van der Waals surface area contributed by atoms with Gasteiger partial charge in [0.05, 0.1) is 19.3 Å². The van der Waals surface area contributed by atoms with E-state index < -0.39 is 11.6 Å². The van der Waals surface area contributed by atoms with Crippen molar-refractivity contribution in [3.8, 4) is 0 Å². The van der Waals surface area contributed by atoms with Crippen LogP contribution in [0.1, 0.15) is 30.9 Å². The van der Waals surface area contributed by atoms with Crippen LogP contribution in [0.5, 0.6) is 0 Å². The SMILES string of the molecule is Nc1ncnc2c1ccn2C1C=C(CCc2cc(F)c(F)c3ccncc23)CC1.[B]C. The van der Waals surface area contributed by atoms with E-state index in [9.17, 15) is 8.78 Å². The Hall–Kier alpha value is -3.29. The number of hydrogen-bond acceptors (Lipinski definition) is 4. The fourth-order valence-electron chi connectivity index (χ4n) is 4.22. The fourth-order valence-corrected chi connectivity index (χ4v) is 4.22. The first-order valence-electron chi connectivity index (χ1n) is 10.2. The summed E-state index contributed by atoms with van der Waals surface area (Å²) in [7, 11) is 4.50. The molecule has 1 aromatic carbocycles. The zero-order valence-corrected chi connectivity index (χ0v) is 17.2. The highest BCUT2D eigenvalue weighted by atomic mass is 19.2. The summed E-state index contributed by atoms with van der Waals surface area (Å²) in [5.41, 5.74) is 8.85. The van der Waals surface area contributed by atoms with Crippen LogP contribution in [0.2, 0.25) is 6.82 Å². The lowest BCUT2D eigenvalue weighted by molar-refractivity contribution is 0.515. The number of nitrogens with zero attached hydrogens (tertiary/aromatic N) is 4. The maximum Gasteiger partial charge on any atom is 0.166 e. The summed E-state index contributed by atoms with van der Waals surface area (Å²) >= 11 is 0. The number of hydrogen-bond donors (Lipinski definition) is 1. The van der Waals surface area contributed by atoms with Crippen LogP contribution in [0.3, 0.4) is 0 Å². The molecule has 3 heterocycles. The minimum atomic E-state index is -0.813. The third-order valence-electron chi connectivity index (χ3n) is 5.72. The van der Waals surface area contributed by atoms with Gasteiger partial charge in [-0.05, 0) is 49.4 Å². The predicted octanol–water partition coefficient (Wildman–Crippen LogP) is 4.94. The Morgan fingerprint density at radius 1 is 1.13 bits per heavy atom. The fraction of sp³-hybridized carbons (Fsp3) is 0.261. The maximum atomic E-state index is 14.0. The van der Waals surface area contributed by atoms with Gasteiger partial charge in [-0.1, -0.05) is 18.5 Å². The van der Waals surface area contributed by atoms with Crippen molar-refractivity contribution >= 4 is 35.5 Å². The van der Waals surface area contributed by atoms with Crippen LogP contribution in [-0.2, 0) is 6.42 Å². The Labute approximate surface area is 180 Å². The van der Waals surface area contributed by atoms with Crippen molar-refractivity contribution in [3.05, 3.63) is 72.0 Å². The van der Waals surface area contributed by atoms with Crippen LogP contribution < -0.4 is 5.73 Å². The van der Waals surface area contributed by atoms with Crippen LogP contribution in [0.25, 0.3) is 21.8 Å². The number of halogens is 2. The van der Waals surface area contributed by atoms with Gasteiger partial charge in [0, 0.05) is 29.4 Å². The van der Waals surface area contributed by atoms with Crippen molar-refractivity contribution in [2.75, 3.05) is 5.73 Å². The van der Waals surface area contributed by atoms with Gasteiger partial charge in [0.1, 0.15) is 17.8 Å². The van der Waals surface area contributed by atoms with Crippen molar-refractivity contribution in [2.45, 2.75) is 38.5 Å². The Kier molecular flexibility index (Phi) is 5.98. The molecule has 4 aromatic rings. The van der Waals surface area contributed by atoms with E-state index in [2.05, 4.69) is 33.4 Å². The summed E-state index contributed by atoms with van der Waals surface area (Å²) in [4.78, 5) is 12.5. The molecule has 1 aliphatic rings. The van der Waals surface area contributed by atoms with Crippen molar-refractivity contribution in [1.29, 1.82) is 0 Å². The predicted molar refractivity (Wildman–Crippen MR) is 120 cm³/mol. The van der Waals surface area contributed by atoms with E-state index in [-0.39, 0.29) is 11.4 Å². The Morgan fingerprint density at radius 3 is 2.81 bits per heavy atom. The lowest BCUT2D eigenvalue weighted by atomic mass is 9.99. The quantitative estimate of drug-likeness (QED) is 0.377. The number of nitrogens with two attached hydrogens (primary N) is 1. The first-order chi connectivity index (χ1) is 15.1. The zero-order chi connectivity index (χ0) is 22.0. The molecule has 2 radical (unpaired) electrons. The molecule has 0 amide bonds. The van der Waals surface area contributed by atoms with E-state index in [1.165, 1.54) is 37.1 Å². The molecule has 1 atom stereocenters. The number of anilines is 1. The van der Waals surface area contributed by atoms with Crippen LogP contribution in [-0.4, -0.2) is 27.4 Å². The second-order valence-electron chi connectivity index (χ2n) is 7.40. The van der Waals surface area contributed by atoms with Gasteiger partial charge < -0.3 is 10.3 Å². The van der Waals surface area contributed by atoms with Gasteiger partial charge in [0.25, 0.3) is 0 Å². The van der Waals surface area contributed by atoms with E-state index in [0.717, 1.165) is 35.9 Å². The minimum absolute atomic E-state index is 0.208. The van der Waals surface area contributed by atoms with E-state index in [4.69, 9.17) is 5.73 Å². The largest absolute Gasteiger partial charge is 0.383 e. The summed E-state index contributed by atoms with van der Waals surface area (Å²) in [5, 5.41) is 1.81. The molecule has 0 aliphatic heterocycles. The monoisotopic (exact) mass is 417 g/mol. The number of rotatable bonds is 4. The summed E-state index contributed by atoms with van der Waals surface area (Å²) in [6.07, 6.45) is 12.2. The molecule has 0 spiro atoms. The van der Waals surface area contributed by atoms with Gasteiger partial charge in [-0.3, -0.25) is 4.98 Å². The number of benzene rings is 1. The standard InChI is InChI=1S/C22H19F2N5.CH3B/c23-19-10-14(18-11-26-7-5-16(18)20(19)24)3-1-13-2-4-15(9-13)29-8-6-17-21(25)27-12-28-22(17)29;1-2/h5-12,15H,1-4H2,(H2,25,27,28);1H3. The third kappa shape index (κ3) is 3.90. The van der Waals surface area contributed by atoms with Crippen molar-refractivity contribution in [2.24, 2.45) is 0 Å². The van der Waals surface area contributed by atoms with E-state index >= 15 is 0 Å². The van der Waals surface area contributed by atoms with Gasteiger partial charge >= 0.3 is 0 Å². The molecule has 8 heteroatoms. The van der Waals surface area contributed by atoms with Crippen molar-refractivity contribution in [1.82, 2.24) is 19.5 Å². The molecule has 5 rings (SSSR count). The van der Waals surface area contributed by atoms with E-state index in [0.29, 0.717) is 17.6 Å². The Balaban J connectivity index is 0.00000112. The van der Waals surface area contributed by atoms with Crippen LogP contribution in [0, 0.1) is 11.6 Å². The molecule has 3 aromatic heterocycles. The smallest absolute Gasteiger partial charge is 0.166 e. The number of nitrogen functional groups attached to an aromatic ring is 1. The van der Waals surface area contributed by atoms with Crippen LogP contribution in [0.4, 0.5) is 14.6 Å². The summed E-state index contributed by atoms with van der Waals surface area (Å²) in [6, 6.07) is 4.97. The number of aryl methyl sites for hydroxylation is 1. The molecule has 5 nitrogen and oxygen atoms in total. The highest BCUT2D eigenvalue weighted by molar-refractivity contribution is 6.05. The molecule has 31 heavy (non-hydrogen) atoms. The minimum Gasteiger partial charge on any atom is -0.383 e. The molecular weight excluding hydrogens is 395 g/mol. The van der Waals surface area contributed by atoms with Gasteiger partial charge in [0.15, 0.2) is 11.6 Å². The van der Waals surface area contributed by atoms with Crippen molar-refractivity contribution < 1.29 is 8.78 Å². The lowest BCUT2D eigenvalue weighted by Crippen LogP contribution is -2.03. The summed E-state index contributed by atoms with van der Waals surface area (Å²) < 4.78 is 30.2. The molecule has 0 saturated heterocycles. The van der Waals surface area contributed by atoms with Gasteiger partial charge in [-0.25, -0.2) is 18.7 Å². The molecule has 1 unspecified atom stereocenters. The van der Waals surface area contributed by atoms with Gasteiger partial charge in [-0.15, -0.1) is 0 Å². The van der Waals surface area contributed by atoms with Gasteiger partial charge in [-0.2, -0.15) is 0 Å². The second-order valence-corrected chi connectivity index (χ2v) is 7.40. The third-order valence-corrected chi connectivity index (χ3v) is 5.72. The van der Waals surface area contributed by atoms with E-state index in [1.807, 2.05) is 12.3 Å². The molecule has 1 aliphatic carbocycles. The van der Waals surface area contributed by atoms with Crippen LogP contribution in [0.15, 0.2) is 54.8 Å². The van der Waals surface area contributed by atoms with Crippen LogP contribution >= 0.6 is 0 Å². The molecule has 156 valence electrons. The van der Waals surface area contributed by atoms with E-state index in [1.54, 1.807) is 6.20 Å². The number of allylic oxidation sites excluding steroid dienone is 2. The lowest BCUT2D eigenvalue weighted by Gasteiger charge is -2.10. The molecule has 2 N–H and O–H groups in total. The highest BCUT2D eigenvalue weighted by Gasteiger charge is 2.20. The second kappa shape index (κ2) is 8.84. The molecule has 0 bridgehead atoms. The average molecular weight is 417 g/mol. The molecule has 0 fully saturated rings.